The molecule has 1 heterocycles. The lowest BCUT2D eigenvalue weighted by Crippen LogP contribution is -2.28. The van der Waals surface area contributed by atoms with E-state index in [1.807, 2.05) is 19.1 Å². The second-order valence-electron chi connectivity index (χ2n) is 6.62. The van der Waals surface area contributed by atoms with Crippen LogP contribution in [0.3, 0.4) is 0 Å². The molecule has 0 aliphatic heterocycles. The molecule has 0 aliphatic rings. The number of sulfonamides is 1. The van der Waals surface area contributed by atoms with Gasteiger partial charge in [0.1, 0.15) is 10.6 Å². The van der Waals surface area contributed by atoms with Crippen LogP contribution in [0.2, 0.25) is 0 Å². The molecule has 8 nitrogen and oxygen atoms in total. The summed E-state index contributed by atoms with van der Waals surface area (Å²) in [4.78, 5) is 11.8. The van der Waals surface area contributed by atoms with Crippen molar-refractivity contribution in [2.75, 3.05) is 25.1 Å². The van der Waals surface area contributed by atoms with E-state index in [1.54, 1.807) is 25.1 Å². The molecule has 1 aromatic heterocycles. The number of para-hydroxylation sites is 1. The highest BCUT2D eigenvalue weighted by molar-refractivity contribution is 7.93. The van der Waals surface area contributed by atoms with Crippen LogP contribution in [0.5, 0.6) is 5.75 Å². The van der Waals surface area contributed by atoms with E-state index in [-0.39, 0.29) is 28.7 Å². The number of nitrogens with zero attached hydrogens (tertiary/aromatic N) is 2. The van der Waals surface area contributed by atoms with Gasteiger partial charge in [-0.1, -0.05) is 30.3 Å². The Kier molecular flexibility index (Phi) is 6.65. The van der Waals surface area contributed by atoms with Gasteiger partial charge >= 0.3 is 5.97 Å². The Bertz CT molecular complexity index is 1190. The van der Waals surface area contributed by atoms with Crippen molar-refractivity contribution < 1.29 is 27.2 Å². The average Bonchev–Trinajstić information content (AvgIpc) is 3.28. The summed E-state index contributed by atoms with van der Waals surface area (Å²) in [7, 11) is -1.05. The molecule has 31 heavy (non-hydrogen) atoms. The van der Waals surface area contributed by atoms with Crippen molar-refractivity contribution in [3.63, 3.8) is 0 Å². The molecule has 9 heteroatoms. The molecule has 0 aliphatic carbocycles. The van der Waals surface area contributed by atoms with Gasteiger partial charge in [0, 0.05) is 18.7 Å². The van der Waals surface area contributed by atoms with Crippen LogP contribution in [-0.4, -0.2) is 40.3 Å². The van der Waals surface area contributed by atoms with Crippen LogP contribution in [0.15, 0.2) is 57.9 Å². The number of carbonyl (C=O) groups is 1. The maximum Gasteiger partial charge on any atom is 0.360 e. The van der Waals surface area contributed by atoms with Gasteiger partial charge in [-0.3, -0.25) is 4.31 Å². The van der Waals surface area contributed by atoms with Crippen LogP contribution in [0.4, 0.5) is 5.69 Å². The van der Waals surface area contributed by atoms with Crippen molar-refractivity contribution in [2.45, 2.75) is 25.2 Å². The van der Waals surface area contributed by atoms with E-state index in [4.69, 9.17) is 14.0 Å². The number of esters is 1. The number of carbonyl (C=O) groups excluding carboxylic acids is 1. The van der Waals surface area contributed by atoms with Crippen molar-refractivity contribution in [2.24, 2.45) is 0 Å². The minimum Gasteiger partial charge on any atom is -0.495 e. The van der Waals surface area contributed by atoms with E-state index in [1.165, 1.54) is 36.7 Å². The van der Waals surface area contributed by atoms with Gasteiger partial charge in [0.15, 0.2) is 11.5 Å². The van der Waals surface area contributed by atoms with Gasteiger partial charge in [0.05, 0.1) is 19.4 Å². The highest BCUT2D eigenvalue weighted by atomic mass is 32.2. The SMILES string of the molecule is CCOC(=O)c1cc(-c2ccc(OC)c(S(=O)(=O)N(C)c3ccccc3CC)c2)on1. The van der Waals surface area contributed by atoms with Gasteiger partial charge in [-0.2, -0.15) is 0 Å². The zero-order valence-corrected chi connectivity index (χ0v) is 18.6. The van der Waals surface area contributed by atoms with Crippen molar-refractivity contribution in [3.05, 3.63) is 59.8 Å². The van der Waals surface area contributed by atoms with Crippen LogP contribution in [-0.2, 0) is 21.2 Å². The molecule has 0 saturated carbocycles. The minimum absolute atomic E-state index is 0.00562. The van der Waals surface area contributed by atoms with E-state index in [0.717, 1.165) is 5.56 Å². The number of ether oxygens (including phenoxy) is 2. The molecule has 2 aromatic carbocycles. The zero-order chi connectivity index (χ0) is 22.6. The predicted molar refractivity (Wildman–Crippen MR) is 116 cm³/mol. The number of methoxy groups -OCH3 is 1. The van der Waals surface area contributed by atoms with E-state index < -0.39 is 16.0 Å². The molecule has 0 saturated heterocycles. The van der Waals surface area contributed by atoms with Crippen molar-refractivity contribution in [3.8, 4) is 17.1 Å². The Hall–Kier alpha value is -3.33. The number of aryl methyl sites for hydroxylation is 1. The standard InChI is InChI=1S/C22H24N2O6S/c1-5-15-9-7-8-10-18(15)24(3)31(26,27)21-13-16(11-12-19(21)28-4)20-14-17(23-30-20)22(25)29-6-2/h7-14H,5-6H2,1-4H3. The molecular weight excluding hydrogens is 420 g/mol. The molecule has 0 spiro atoms. The third kappa shape index (κ3) is 4.41. The number of hydrogen-bond acceptors (Lipinski definition) is 7. The fourth-order valence-electron chi connectivity index (χ4n) is 3.14. The second-order valence-corrected chi connectivity index (χ2v) is 8.55. The Morgan fingerprint density at radius 3 is 2.55 bits per heavy atom. The molecule has 3 aromatic rings. The maximum atomic E-state index is 13.5. The lowest BCUT2D eigenvalue weighted by Gasteiger charge is -2.23. The summed E-state index contributed by atoms with van der Waals surface area (Å²) in [5.74, 6) is -0.191. The van der Waals surface area contributed by atoms with Gasteiger partial charge in [-0.05, 0) is 43.2 Å². The molecule has 0 unspecified atom stereocenters. The second kappa shape index (κ2) is 9.22. The molecule has 0 bridgehead atoms. The predicted octanol–water partition coefficient (Wildman–Crippen LogP) is 3.91. The first kappa shape index (κ1) is 22.4. The number of hydrogen-bond donors (Lipinski definition) is 0. The third-order valence-electron chi connectivity index (χ3n) is 4.79. The summed E-state index contributed by atoms with van der Waals surface area (Å²) >= 11 is 0. The van der Waals surface area contributed by atoms with E-state index in [9.17, 15) is 13.2 Å². The summed E-state index contributed by atoms with van der Waals surface area (Å²) in [5.41, 5.74) is 1.92. The molecule has 0 amide bonds. The third-order valence-corrected chi connectivity index (χ3v) is 6.59. The van der Waals surface area contributed by atoms with Gasteiger partial charge < -0.3 is 14.0 Å². The normalized spacial score (nSPS) is 11.2. The van der Waals surface area contributed by atoms with Crippen molar-refractivity contribution >= 4 is 21.7 Å². The maximum absolute atomic E-state index is 13.5. The van der Waals surface area contributed by atoms with Gasteiger partial charge in [-0.15, -0.1) is 0 Å². The highest BCUT2D eigenvalue weighted by Gasteiger charge is 2.28. The number of rotatable bonds is 8. The smallest absolute Gasteiger partial charge is 0.360 e. The summed E-state index contributed by atoms with van der Waals surface area (Å²) < 4.78 is 43.7. The Balaban J connectivity index is 2.05. The quantitative estimate of drug-likeness (QED) is 0.486. The first-order chi connectivity index (χ1) is 14.8. The zero-order valence-electron chi connectivity index (χ0n) is 17.8. The molecule has 0 radical (unpaired) electrons. The number of aromatic nitrogens is 1. The van der Waals surface area contributed by atoms with Crippen LogP contribution in [0.1, 0.15) is 29.9 Å². The summed E-state index contributed by atoms with van der Waals surface area (Å²) in [6, 6.07) is 13.3. The lowest BCUT2D eigenvalue weighted by atomic mass is 10.1. The van der Waals surface area contributed by atoms with Crippen molar-refractivity contribution in [1.82, 2.24) is 5.16 Å². The molecular formula is C22H24N2O6S. The molecule has 3 rings (SSSR count). The molecule has 0 N–H and O–H groups in total. The van der Waals surface area contributed by atoms with Gasteiger partial charge in [0.2, 0.25) is 0 Å². The first-order valence-electron chi connectivity index (χ1n) is 9.72. The van der Waals surface area contributed by atoms with Crippen LogP contribution in [0, 0.1) is 0 Å². The van der Waals surface area contributed by atoms with Crippen LogP contribution in [0.25, 0.3) is 11.3 Å². The molecule has 0 atom stereocenters. The lowest BCUT2D eigenvalue weighted by molar-refractivity contribution is 0.0514. The Morgan fingerprint density at radius 2 is 1.87 bits per heavy atom. The Labute approximate surface area is 181 Å². The number of benzene rings is 2. The minimum atomic E-state index is -3.96. The fourth-order valence-corrected chi connectivity index (χ4v) is 4.55. The van der Waals surface area contributed by atoms with E-state index in [2.05, 4.69) is 5.16 Å². The summed E-state index contributed by atoms with van der Waals surface area (Å²) in [5, 5.41) is 3.71. The van der Waals surface area contributed by atoms with E-state index >= 15 is 0 Å². The van der Waals surface area contributed by atoms with Crippen molar-refractivity contribution in [1.29, 1.82) is 0 Å². The summed E-state index contributed by atoms with van der Waals surface area (Å²) in [6.45, 7) is 3.86. The van der Waals surface area contributed by atoms with Crippen LogP contribution < -0.4 is 9.04 Å². The van der Waals surface area contributed by atoms with Gasteiger partial charge in [0.25, 0.3) is 10.0 Å². The highest BCUT2D eigenvalue weighted by Crippen LogP contribution is 2.34. The fraction of sp³-hybridized carbons (Fsp3) is 0.273. The molecule has 164 valence electrons. The van der Waals surface area contributed by atoms with E-state index in [0.29, 0.717) is 17.7 Å². The largest absolute Gasteiger partial charge is 0.495 e. The number of anilines is 1. The average molecular weight is 445 g/mol. The molecule has 0 fully saturated rings. The van der Waals surface area contributed by atoms with Gasteiger partial charge in [-0.25, -0.2) is 13.2 Å². The Morgan fingerprint density at radius 1 is 1.13 bits per heavy atom. The summed E-state index contributed by atoms with van der Waals surface area (Å²) in [6.07, 6.45) is 0.682. The monoisotopic (exact) mass is 444 g/mol. The topological polar surface area (TPSA) is 98.9 Å². The van der Waals surface area contributed by atoms with Crippen LogP contribution >= 0.6 is 0 Å². The first-order valence-corrected chi connectivity index (χ1v) is 11.2.